The Morgan fingerprint density at radius 1 is 0.340 bits per heavy atom. The van der Waals surface area contributed by atoms with Gasteiger partial charge in [-0.25, -0.2) is 20.0 Å². The summed E-state index contributed by atoms with van der Waals surface area (Å²) in [7, 11) is 0. The first-order chi connectivity index (χ1) is 24.8. The van der Waals surface area contributed by atoms with Crippen LogP contribution in [0.15, 0.2) is 168 Å². The predicted octanol–water partition coefficient (Wildman–Crippen LogP) is 10.6. The molecule has 0 radical (unpaired) electrons. The van der Waals surface area contributed by atoms with E-state index in [1.54, 1.807) is 0 Å². The Morgan fingerprint density at radius 2 is 0.660 bits per heavy atom. The average molecular weight is 639 g/mol. The van der Waals surface area contributed by atoms with Gasteiger partial charge < -0.3 is 0 Å². The fourth-order valence-electron chi connectivity index (χ4n) is 7.66. The summed E-state index contributed by atoms with van der Waals surface area (Å²) in [6, 6.07) is 54.7. The van der Waals surface area contributed by atoms with Gasteiger partial charge >= 0.3 is 0 Å². The third-order valence-electron chi connectivity index (χ3n) is 9.87. The summed E-state index contributed by atoms with van der Waals surface area (Å²) in [5, 5.41) is 6.63. The fraction of sp³-hybridized carbons (Fsp3) is 0. The van der Waals surface area contributed by atoms with Gasteiger partial charge in [-0.05, 0) is 48.5 Å². The minimum absolute atomic E-state index is 0.700. The van der Waals surface area contributed by atoms with Gasteiger partial charge in [0.25, 0.3) is 0 Å². The van der Waals surface area contributed by atoms with Crippen LogP contribution < -0.4 is 0 Å². The van der Waals surface area contributed by atoms with Crippen LogP contribution in [0, 0.1) is 0 Å². The molecule has 232 valence electrons. The molecular formula is C44H26N6. The zero-order chi connectivity index (χ0) is 32.8. The van der Waals surface area contributed by atoms with E-state index in [4.69, 9.17) is 20.0 Å². The summed E-state index contributed by atoms with van der Waals surface area (Å²) in [5.41, 5.74) is 8.82. The van der Waals surface area contributed by atoms with Crippen molar-refractivity contribution in [2.75, 3.05) is 0 Å². The second kappa shape index (κ2) is 10.3. The molecule has 5 heterocycles. The summed E-state index contributed by atoms with van der Waals surface area (Å²) >= 11 is 0. The van der Waals surface area contributed by atoms with Gasteiger partial charge in [-0.1, -0.05) is 109 Å². The highest BCUT2D eigenvalue weighted by Crippen LogP contribution is 2.38. The highest BCUT2D eigenvalue weighted by molar-refractivity contribution is 6.23. The van der Waals surface area contributed by atoms with Crippen LogP contribution in [0.25, 0.3) is 65.4 Å². The van der Waals surface area contributed by atoms with Crippen LogP contribution in [0.3, 0.4) is 0 Å². The Balaban J connectivity index is 1.34. The zero-order valence-corrected chi connectivity index (χ0v) is 26.7. The zero-order valence-electron chi connectivity index (χ0n) is 26.7. The Hall–Kier alpha value is -6.92. The van der Waals surface area contributed by atoms with Gasteiger partial charge in [0.2, 0.25) is 0 Å². The number of hydrogen-bond acceptors (Lipinski definition) is 4. The van der Waals surface area contributed by atoms with Crippen LogP contribution in [0.2, 0.25) is 0 Å². The lowest BCUT2D eigenvalue weighted by Gasteiger charge is -2.20. The minimum atomic E-state index is 0.700. The first-order valence-electron chi connectivity index (χ1n) is 16.7. The molecule has 6 aromatic carbocycles. The van der Waals surface area contributed by atoms with Gasteiger partial charge in [0, 0.05) is 32.3 Å². The molecule has 4 aromatic heterocycles. The summed E-state index contributed by atoms with van der Waals surface area (Å²) in [6.07, 6.45) is 0. The molecule has 0 saturated heterocycles. The molecule has 0 fully saturated rings. The van der Waals surface area contributed by atoms with Crippen molar-refractivity contribution in [3.05, 3.63) is 169 Å². The van der Waals surface area contributed by atoms with E-state index >= 15 is 0 Å². The van der Waals surface area contributed by atoms with Crippen LogP contribution >= 0.6 is 0 Å². The lowest BCUT2D eigenvalue weighted by molar-refractivity contribution is 1.15. The van der Waals surface area contributed by atoms with E-state index in [0.717, 1.165) is 76.8 Å². The molecule has 50 heavy (non-hydrogen) atoms. The number of hydrogen-bond donors (Lipinski definition) is 0. The predicted molar refractivity (Wildman–Crippen MR) is 206 cm³/mol. The molecule has 0 N–H and O–H groups in total. The number of rotatable bonds is 0. The molecule has 1 aliphatic heterocycles. The first kappa shape index (κ1) is 27.1. The van der Waals surface area contributed by atoms with Gasteiger partial charge in [0.1, 0.15) is 11.4 Å². The normalized spacial score (nSPS) is 15.1. The van der Waals surface area contributed by atoms with E-state index in [0.29, 0.717) is 23.1 Å². The second-order valence-corrected chi connectivity index (χ2v) is 12.7. The molecule has 0 aliphatic carbocycles. The molecule has 0 spiro atoms. The van der Waals surface area contributed by atoms with E-state index in [2.05, 4.69) is 143 Å². The summed E-state index contributed by atoms with van der Waals surface area (Å²) in [5.74, 6) is 1.40. The maximum Gasteiger partial charge on any atom is 0.166 e. The molecular weight excluding hydrogens is 613 g/mol. The number of para-hydroxylation sites is 6. The number of fused-ring (bicyclic) bond motifs is 10. The summed E-state index contributed by atoms with van der Waals surface area (Å²) in [6.45, 7) is 0. The van der Waals surface area contributed by atoms with Crippen molar-refractivity contribution in [1.29, 1.82) is 0 Å². The van der Waals surface area contributed by atoms with Crippen LogP contribution in [0.4, 0.5) is 11.4 Å². The van der Waals surface area contributed by atoms with E-state index in [1.165, 1.54) is 0 Å². The first-order valence-corrected chi connectivity index (χ1v) is 16.7. The molecule has 1 aliphatic rings. The Morgan fingerprint density at radius 3 is 1.04 bits per heavy atom. The maximum absolute atomic E-state index is 5.62. The van der Waals surface area contributed by atoms with E-state index < -0.39 is 0 Å². The summed E-state index contributed by atoms with van der Waals surface area (Å²) < 4.78 is 4.48. The van der Waals surface area contributed by atoms with Gasteiger partial charge in [0.05, 0.1) is 44.5 Å². The standard InChI is InChI=1S/C44H26N6/c1-7-19-33-27(13-1)25-35-41(45-33)43(49-37-21-9-3-15-29(37)30-16-4-10-22-38(30)49)48-36-26-28-14-2-8-20-34(28)46-42(36)44(47-35)50-39-23-11-5-17-31(39)32-18-6-12-24-40(32)50/h1-26H/b43-41?,44-42?,47-35?,47-44+,48-36?,48-43+. The molecule has 6 nitrogen and oxygen atoms in total. The Kier molecular flexibility index (Phi) is 5.57. The van der Waals surface area contributed by atoms with E-state index in [1.807, 2.05) is 24.3 Å². The van der Waals surface area contributed by atoms with Gasteiger partial charge in [-0.2, -0.15) is 0 Å². The van der Waals surface area contributed by atoms with Crippen molar-refractivity contribution in [2.24, 2.45) is 9.98 Å². The maximum atomic E-state index is 5.62. The monoisotopic (exact) mass is 638 g/mol. The highest BCUT2D eigenvalue weighted by atomic mass is 15.1. The van der Waals surface area contributed by atoms with Crippen molar-refractivity contribution in [2.45, 2.75) is 0 Å². The van der Waals surface area contributed by atoms with Crippen LogP contribution in [0.5, 0.6) is 0 Å². The average Bonchev–Trinajstić information content (AvgIpc) is 3.68. The lowest BCUT2D eigenvalue weighted by Crippen LogP contribution is -2.20. The van der Waals surface area contributed by atoms with Crippen molar-refractivity contribution in [3.63, 3.8) is 0 Å². The molecule has 0 amide bonds. The topological polar surface area (TPSA) is 60.4 Å². The SMILES string of the molecule is c1ccc2nc3c(cc2c1)/N=C(/n1c2ccccc2c2ccccc21)c1nc2ccccc2cc1/N=C\3n1c2ccccc2c2ccccc21. The molecule has 0 saturated carbocycles. The molecule has 6 heteroatoms. The number of nitrogens with zero attached hydrogens (tertiary/aromatic N) is 6. The molecule has 0 atom stereocenters. The highest BCUT2D eigenvalue weighted by Gasteiger charge is 2.27. The van der Waals surface area contributed by atoms with Crippen molar-refractivity contribution >= 4 is 88.5 Å². The quantitative estimate of drug-likeness (QED) is 0.166. The van der Waals surface area contributed by atoms with E-state index in [9.17, 15) is 0 Å². The Bertz CT molecular complexity index is 2790. The Labute approximate surface area is 285 Å². The van der Waals surface area contributed by atoms with Gasteiger partial charge in [-0.15, -0.1) is 0 Å². The third-order valence-corrected chi connectivity index (χ3v) is 9.87. The number of aromatic nitrogens is 4. The van der Waals surface area contributed by atoms with Crippen LogP contribution in [-0.2, 0) is 0 Å². The molecule has 11 rings (SSSR count). The smallest absolute Gasteiger partial charge is 0.166 e. The molecule has 10 aromatic rings. The number of pyridine rings is 2. The summed E-state index contributed by atoms with van der Waals surface area (Å²) in [4.78, 5) is 22.0. The van der Waals surface area contributed by atoms with Gasteiger partial charge in [-0.3, -0.25) is 9.13 Å². The van der Waals surface area contributed by atoms with Gasteiger partial charge in [0.15, 0.2) is 11.7 Å². The van der Waals surface area contributed by atoms with Crippen molar-refractivity contribution in [1.82, 2.24) is 19.1 Å². The second-order valence-electron chi connectivity index (χ2n) is 12.7. The largest absolute Gasteiger partial charge is 0.292 e. The van der Waals surface area contributed by atoms with Crippen LogP contribution in [0.1, 0.15) is 11.4 Å². The number of aliphatic imine (C=N–C) groups is 2. The van der Waals surface area contributed by atoms with E-state index in [-0.39, 0.29) is 0 Å². The number of benzene rings is 6. The fourth-order valence-corrected chi connectivity index (χ4v) is 7.66. The minimum Gasteiger partial charge on any atom is -0.292 e. The third kappa shape index (κ3) is 3.84. The van der Waals surface area contributed by atoms with Crippen LogP contribution in [-0.4, -0.2) is 30.8 Å². The molecule has 0 unspecified atom stereocenters. The molecule has 0 bridgehead atoms. The lowest BCUT2D eigenvalue weighted by atomic mass is 10.1. The van der Waals surface area contributed by atoms with Crippen molar-refractivity contribution < 1.29 is 0 Å². The van der Waals surface area contributed by atoms with Crippen molar-refractivity contribution in [3.8, 4) is 0 Å².